The molecule has 3 heteroatoms. The van der Waals surface area contributed by atoms with E-state index < -0.39 is 0 Å². The maximum atomic E-state index is 5.75. The van der Waals surface area contributed by atoms with E-state index in [2.05, 4.69) is 5.10 Å². The molecule has 0 atom stereocenters. The van der Waals surface area contributed by atoms with Crippen LogP contribution in [0, 0.1) is 0 Å². The highest BCUT2D eigenvalue weighted by molar-refractivity contribution is 5.85. The van der Waals surface area contributed by atoms with Gasteiger partial charge in [0, 0.05) is 0 Å². The third-order valence-corrected chi connectivity index (χ3v) is 2.82. The van der Waals surface area contributed by atoms with Crippen molar-refractivity contribution in [1.29, 1.82) is 0 Å². The lowest BCUT2D eigenvalue weighted by molar-refractivity contribution is 0.320. The number of ether oxygens (including phenoxy) is 1. The number of benzene rings is 2. The topological polar surface area (TPSA) is 27.1 Å². The molecule has 0 saturated carbocycles. The van der Waals surface area contributed by atoms with Crippen LogP contribution in [0.1, 0.15) is 6.92 Å². The lowest BCUT2D eigenvalue weighted by Gasteiger charge is -2.07. The molecule has 0 fully saturated rings. The van der Waals surface area contributed by atoms with Crippen LogP contribution < -0.4 is 4.74 Å². The molecular weight excluding hydrogens is 224 g/mol. The summed E-state index contributed by atoms with van der Waals surface area (Å²) in [5.74, 6) is 0.805. The zero-order chi connectivity index (χ0) is 12.4. The van der Waals surface area contributed by atoms with E-state index in [4.69, 9.17) is 4.74 Å². The highest BCUT2D eigenvalue weighted by Gasteiger charge is 2.12. The van der Waals surface area contributed by atoms with Crippen LogP contribution >= 0.6 is 0 Å². The van der Waals surface area contributed by atoms with Crippen molar-refractivity contribution in [3.05, 3.63) is 54.6 Å². The molecule has 0 bridgehead atoms. The molecule has 0 N–H and O–H groups in total. The largest absolute Gasteiger partial charge is 0.477 e. The highest BCUT2D eigenvalue weighted by Crippen LogP contribution is 2.28. The molecule has 0 aliphatic heterocycles. The molecule has 0 unspecified atom stereocenters. The Hall–Kier alpha value is -2.29. The number of hydrogen-bond donors (Lipinski definition) is 0. The molecule has 18 heavy (non-hydrogen) atoms. The van der Waals surface area contributed by atoms with Crippen LogP contribution in [-0.4, -0.2) is 16.4 Å². The van der Waals surface area contributed by atoms with E-state index in [1.807, 2.05) is 66.2 Å². The van der Waals surface area contributed by atoms with Crippen LogP contribution in [0.4, 0.5) is 0 Å². The Morgan fingerprint density at radius 3 is 2.50 bits per heavy atom. The lowest BCUT2D eigenvalue weighted by atomic mass is 10.2. The monoisotopic (exact) mass is 238 g/mol. The molecule has 0 amide bonds. The van der Waals surface area contributed by atoms with Gasteiger partial charge in [0.05, 0.1) is 23.2 Å². The summed E-state index contributed by atoms with van der Waals surface area (Å²) in [7, 11) is 0. The Kier molecular flexibility index (Phi) is 2.73. The molecule has 2 aromatic carbocycles. The average molecular weight is 238 g/mol. The van der Waals surface area contributed by atoms with Crippen molar-refractivity contribution >= 4 is 10.9 Å². The van der Waals surface area contributed by atoms with Gasteiger partial charge >= 0.3 is 0 Å². The van der Waals surface area contributed by atoms with E-state index in [1.54, 1.807) is 0 Å². The second-order valence-corrected chi connectivity index (χ2v) is 4.00. The zero-order valence-electron chi connectivity index (χ0n) is 10.2. The van der Waals surface area contributed by atoms with E-state index in [-0.39, 0.29) is 0 Å². The Balaban J connectivity index is 2.25. The molecule has 3 aromatic rings. The summed E-state index contributed by atoms with van der Waals surface area (Å²) in [6.45, 7) is 2.61. The van der Waals surface area contributed by atoms with Gasteiger partial charge in [-0.2, -0.15) is 9.78 Å². The Morgan fingerprint density at radius 2 is 1.72 bits per heavy atom. The van der Waals surface area contributed by atoms with E-state index in [0.717, 1.165) is 22.5 Å². The first kappa shape index (κ1) is 10.8. The van der Waals surface area contributed by atoms with Crippen molar-refractivity contribution in [3.63, 3.8) is 0 Å². The molecule has 0 saturated heterocycles. The Morgan fingerprint density at radius 1 is 1.00 bits per heavy atom. The number of rotatable bonds is 3. The smallest absolute Gasteiger partial charge is 0.224 e. The SMILES string of the molecule is CCOc1c2ccccc2nn1-c1ccccc1. The van der Waals surface area contributed by atoms with Gasteiger partial charge in [0.25, 0.3) is 0 Å². The van der Waals surface area contributed by atoms with Gasteiger partial charge in [0.2, 0.25) is 5.88 Å². The minimum atomic E-state index is 0.628. The average Bonchev–Trinajstić information content (AvgIpc) is 2.80. The molecule has 1 aromatic heterocycles. The van der Waals surface area contributed by atoms with Crippen molar-refractivity contribution < 1.29 is 4.74 Å². The maximum Gasteiger partial charge on any atom is 0.224 e. The van der Waals surface area contributed by atoms with Crippen LogP contribution in [0.3, 0.4) is 0 Å². The van der Waals surface area contributed by atoms with E-state index >= 15 is 0 Å². The number of para-hydroxylation sites is 1. The third kappa shape index (κ3) is 1.74. The molecule has 0 spiro atoms. The van der Waals surface area contributed by atoms with Crippen LogP contribution in [0.15, 0.2) is 54.6 Å². The van der Waals surface area contributed by atoms with Gasteiger partial charge in [-0.05, 0) is 31.2 Å². The predicted molar refractivity (Wildman–Crippen MR) is 72.2 cm³/mol. The second-order valence-electron chi connectivity index (χ2n) is 4.00. The summed E-state index contributed by atoms with van der Waals surface area (Å²) in [4.78, 5) is 0. The Labute approximate surface area is 106 Å². The van der Waals surface area contributed by atoms with Crippen LogP contribution in [0.2, 0.25) is 0 Å². The Bertz CT molecular complexity index is 659. The first-order valence-corrected chi connectivity index (χ1v) is 6.06. The van der Waals surface area contributed by atoms with Crippen molar-refractivity contribution in [2.45, 2.75) is 6.92 Å². The number of fused-ring (bicyclic) bond motifs is 1. The normalized spacial score (nSPS) is 10.7. The summed E-state index contributed by atoms with van der Waals surface area (Å²) >= 11 is 0. The van der Waals surface area contributed by atoms with Gasteiger partial charge in [-0.25, -0.2) is 0 Å². The molecule has 90 valence electrons. The molecule has 0 aliphatic rings. The summed E-state index contributed by atoms with van der Waals surface area (Å²) in [5, 5.41) is 5.64. The quantitative estimate of drug-likeness (QED) is 0.699. The van der Waals surface area contributed by atoms with Gasteiger partial charge in [-0.3, -0.25) is 0 Å². The van der Waals surface area contributed by atoms with E-state index in [0.29, 0.717) is 6.61 Å². The predicted octanol–water partition coefficient (Wildman–Crippen LogP) is 3.42. The lowest BCUT2D eigenvalue weighted by Crippen LogP contribution is -2.02. The number of nitrogens with zero attached hydrogens (tertiary/aromatic N) is 2. The van der Waals surface area contributed by atoms with Gasteiger partial charge in [0.15, 0.2) is 0 Å². The van der Waals surface area contributed by atoms with Gasteiger partial charge in [-0.1, -0.05) is 30.3 Å². The standard InChI is InChI=1S/C15H14N2O/c1-2-18-15-13-10-6-7-11-14(13)16-17(15)12-8-4-3-5-9-12/h3-11H,2H2,1H3. The molecule has 0 radical (unpaired) electrons. The highest BCUT2D eigenvalue weighted by atomic mass is 16.5. The third-order valence-electron chi connectivity index (χ3n) is 2.82. The van der Waals surface area contributed by atoms with Crippen molar-refractivity contribution in [2.75, 3.05) is 6.61 Å². The van der Waals surface area contributed by atoms with Crippen LogP contribution in [0.5, 0.6) is 5.88 Å². The minimum Gasteiger partial charge on any atom is -0.477 e. The first-order valence-electron chi connectivity index (χ1n) is 6.06. The van der Waals surface area contributed by atoms with Crippen molar-refractivity contribution in [3.8, 4) is 11.6 Å². The molecule has 1 heterocycles. The minimum absolute atomic E-state index is 0.628. The van der Waals surface area contributed by atoms with Gasteiger partial charge in [-0.15, -0.1) is 0 Å². The fourth-order valence-electron chi connectivity index (χ4n) is 2.03. The molecule has 0 aliphatic carbocycles. The summed E-state index contributed by atoms with van der Waals surface area (Å²) in [6.07, 6.45) is 0. The zero-order valence-corrected chi connectivity index (χ0v) is 10.2. The second kappa shape index (κ2) is 4.53. The van der Waals surface area contributed by atoms with E-state index in [9.17, 15) is 0 Å². The maximum absolute atomic E-state index is 5.75. The fourth-order valence-corrected chi connectivity index (χ4v) is 2.03. The molecule has 3 nitrogen and oxygen atoms in total. The molecular formula is C15H14N2O. The first-order chi connectivity index (χ1) is 8.90. The van der Waals surface area contributed by atoms with Crippen molar-refractivity contribution in [2.24, 2.45) is 0 Å². The fraction of sp³-hybridized carbons (Fsp3) is 0.133. The summed E-state index contributed by atoms with van der Waals surface area (Å²) < 4.78 is 7.60. The van der Waals surface area contributed by atoms with E-state index in [1.165, 1.54) is 0 Å². The van der Waals surface area contributed by atoms with Gasteiger partial charge < -0.3 is 4.74 Å². The molecule has 3 rings (SSSR count). The number of aromatic nitrogens is 2. The van der Waals surface area contributed by atoms with Crippen molar-refractivity contribution in [1.82, 2.24) is 9.78 Å². The summed E-state index contributed by atoms with van der Waals surface area (Å²) in [6, 6.07) is 18.1. The van der Waals surface area contributed by atoms with Gasteiger partial charge in [0.1, 0.15) is 0 Å². The summed E-state index contributed by atoms with van der Waals surface area (Å²) in [5.41, 5.74) is 1.96. The number of hydrogen-bond acceptors (Lipinski definition) is 2. The van der Waals surface area contributed by atoms with Crippen LogP contribution in [0.25, 0.3) is 16.6 Å². The van der Waals surface area contributed by atoms with Crippen LogP contribution in [-0.2, 0) is 0 Å².